The Bertz CT molecular complexity index is 6750. The second-order valence-electron chi connectivity index (χ2n) is 27.6. The Morgan fingerprint density at radius 3 is 0.963 bits per heavy atom. The van der Waals surface area contributed by atoms with Gasteiger partial charge in [-0.25, -0.2) is 15.0 Å². The van der Waals surface area contributed by atoms with Crippen LogP contribution in [0.15, 0.2) is 394 Å². The Labute approximate surface area is 625 Å². The van der Waals surface area contributed by atoms with Crippen molar-refractivity contribution in [3.63, 3.8) is 0 Å². The van der Waals surface area contributed by atoms with E-state index in [-0.39, 0.29) is 0 Å². The quantitative estimate of drug-likeness (QED) is 0.121. The van der Waals surface area contributed by atoms with Crippen molar-refractivity contribution in [3.05, 3.63) is 394 Å². The number of aromatic nitrogens is 5. The van der Waals surface area contributed by atoms with Crippen LogP contribution in [0.2, 0.25) is 0 Å². The molecule has 4 aromatic heterocycles. The molecule has 21 rings (SSSR count). The van der Waals surface area contributed by atoms with Gasteiger partial charge in [0.1, 0.15) is 0 Å². The first kappa shape index (κ1) is 64.2. The van der Waals surface area contributed by atoms with Crippen LogP contribution in [0.4, 0.5) is 0 Å². The second-order valence-corrected chi connectivity index (χ2v) is 32.9. The maximum atomic E-state index is 15.8. The monoisotopic (exact) mass is 1420 g/mol. The maximum absolute atomic E-state index is 15.8. The molecule has 0 N–H and O–H groups in total. The fourth-order valence-electron chi connectivity index (χ4n) is 16.5. The lowest BCUT2D eigenvalue weighted by Crippen LogP contribution is -2.21. The number of hydrogen-bond acceptors (Lipinski definition) is 5. The van der Waals surface area contributed by atoms with Crippen LogP contribution in [0.1, 0.15) is 0 Å². The summed E-state index contributed by atoms with van der Waals surface area (Å²) in [6.07, 6.45) is 0. The molecule has 508 valence electrons. The molecule has 0 aliphatic carbocycles. The van der Waals surface area contributed by atoms with Gasteiger partial charge in [0.05, 0.1) is 44.8 Å². The molecule has 0 spiro atoms. The van der Waals surface area contributed by atoms with E-state index in [1.54, 1.807) is 0 Å². The molecule has 0 radical (unpaired) electrons. The van der Waals surface area contributed by atoms with E-state index < -0.39 is 14.3 Å². The average molecular weight is 1420 g/mol. The summed E-state index contributed by atoms with van der Waals surface area (Å²) in [5.74, 6) is 0.691. The summed E-state index contributed by atoms with van der Waals surface area (Å²) in [6.45, 7) is 0. The lowest BCUT2D eigenvalue weighted by molar-refractivity contribution is 0.592. The van der Waals surface area contributed by atoms with Gasteiger partial charge < -0.3 is 18.3 Å². The third-order valence-electron chi connectivity index (χ3n) is 21.4. The Morgan fingerprint density at radius 2 is 0.537 bits per heavy atom. The number of para-hydroxylation sites is 2. The fourth-order valence-corrected chi connectivity index (χ4v) is 23.0. The predicted octanol–water partition coefficient (Wildman–Crippen LogP) is 22.7. The van der Waals surface area contributed by atoms with Crippen LogP contribution in [-0.4, -0.2) is 24.1 Å². The molecule has 0 fully saturated rings. The molecule has 0 saturated heterocycles. The minimum atomic E-state index is -3.18. The highest BCUT2D eigenvalue weighted by Gasteiger charge is 2.44. The van der Waals surface area contributed by atoms with Crippen LogP contribution < -0.4 is 31.8 Å². The highest BCUT2D eigenvalue weighted by Crippen LogP contribution is 2.57. The van der Waals surface area contributed by atoms with Crippen molar-refractivity contribution in [3.8, 4) is 112 Å². The van der Waals surface area contributed by atoms with Gasteiger partial charge in [-0.05, 0) is 111 Å². The van der Waals surface area contributed by atoms with Gasteiger partial charge in [-0.3, -0.25) is 0 Å². The molecular weight excluding hydrogens is 1350 g/mol. The van der Waals surface area contributed by atoms with Crippen molar-refractivity contribution >= 4 is 89.7 Å². The molecule has 7 nitrogen and oxygen atoms in total. The van der Waals surface area contributed by atoms with Gasteiger partial charge in [-0.1, -0.05) is 328 Å². The highest BCUT2D eigenvalue weighted by molar-refractivity contribution is 7.87. The van der Waals surface area contributed by atoms with Crippen LogP contribution in [0.25, 0.3) is 156 Å². The number of nitrogens with zero attached hydrogens (tertiary/aromatic N) is 5. The summed E-state index contributed by atoms with van der Waals surface area (Å²) >= 11 is 0. The molecule has 0 bridgehead atoms. The molecule has 19 aromatic rings. The maximum Gasteiger partial charge on any atom is 0.172 e. The fraction of sp³-hybridized carbons (Fsp3) is 0. The van der Waals surface area contributed by atoms with Gasteiger partial charge in [-0.15, -0.1) is 0 Å². The molecule has 2 aliphatic heterocycles. The molecule has 9 heteroatoms. The molecule has 0 saturated carbocycles. The molecule has 6 heterocycles. The van der Waals surface area contributed by atoms with Gasteiger partial charge in [0.2, 0.25) is 0 Å². The van der Waals surface area contributed by atoms with Gasteiger partial charge in [-0.2, -0.15) is 0 Å². The van der Waals surface area contributed by atoms with E-state index in [0.717, 1.165) is 171 Å². The largest absolute Gasteiger partial charge is 0.309 e. The van der Waals surface area contributed by atoms with Crippen molar-refractivity contribution in [2.45, 2.75) is 0 Å². The lowest BCUT2D eigenvalue weighted by Gasteiger charge is -2.17. The minimum absolute atomic E-state index is 0.691. The van der Waals surface area contributed by atoms with Crippen LogP contribution in [0, 0.1) is 0 Å². The molecule has 2 atom stereocenters. The van der Waals surface area contributed by atoms with Crippen molar-refractivity contribution in [1.82, 2.24) is 24.1 Å². The van der Waals surface area contributed by atoms with Gasteiger partial charge in [0, 0.05) is 92.6 Å². The van der Waals surface area contributed by atoms with Crippen molar-refractivity contribution < 1.29 is 9.13 Å². The SMILES string of the molecule is O=P1(c2ccccc2)c2ccccc2-c2ccc3c(c21)c1ccccc1n3-c1ccc(-c2cc(-c3ccc(-c4ccccc4)cc3)cc(-c3ccccc3)n2)cc1.O=P1(c2ccccc2)c2ccccc2-c2ccc3c(c21)c1ccccc1n3-c1ccc(-c2cc(-c3ccccc3)nc(-c3ccccc3)n2)cc1. The van der Waals surface area contributed by atoms with E-state index in [1.807, 2.05) is 152 Å². The predicted molar refractivity (Wildman–Crippen MR) is 450 cm³/mol. The van der Waals surface area contributed by atoms with Crippen molar-refractivity contribution in [2.75, 3.05) is 0 Å². The van der Waals surface area contributed by atoms with Gasteiger partial charge >= 0.3 is 0 Å². The van der Waals surface area contributed by atoms with E-state index in [2.05, 4.69) is 252 Å². The molecule has 108 heavy (non-hydrogen) atoms. The summed E-state index contributed by atoms with van der Waals surface area (Å²) in [6, 6.07) is 136. The third kappa shape index (κ3) is 10.6. The Hall–Kier alpha value is -13.4. The van der Waals surface area contributed by atoms with Crippen LogP contribution in [0.5, 0.6) is 0 Å². The summed E-state index contributed by atoms with van der Waals surface area (Å²) in [5.41, 5.74) is 23.8. The van der Waals surface area contributed by atoms with Crippen LogP contribution in [0.3, 0.4) is 0 Å². The van der Waals surface area contributed by atoms with Crippen LogP contribution in [-0.2, 0) is 9.13 Å². The number of rotatable bonds is 11. The summed E-state index contributed by atoms with van der Waals surface area (Å²) < 4.78 is 36.1. The number of hydrogen-bond donors (Lipinski definition) is 0. The van der Waals surface area contributed by atoms with E-state index in [0.29, 0.717) is 5.82 Å². The minimum Gasteiger partial charge on any atom is -0.309 e. The first-order chi connectivity index (χ1) is 53.3. The number of benzene rings is 15. The Balaban J connectivity index is 0.000000143. The zero-order chi connectivity index (χ0) is 71.9. The standard InChI is InChI=1S/C53H35N2OP.C46H30N3OP/c56-57(43-18-8-3-9-19-43)51-23-13-11-20-44(51)45-32-33-50-52(53(45)57)46-21-10-12-22-49(46)55(50)42-30-28-40(29-31-42)48-35-41(34-47(54-48)39-16-6-2-7-17-39)38-26-24-37(25-27-38)36-14-4-1-5-15-36;50-51(35-18-8-3-9-19-35)43-23-13-11-20-36(43)37-28-29-42-44(45(37)51)38-21-10-12-22-41(38)49(42)34-26-24-32(25-27-34)40-30-39(31-14-4-1-5-15-31)47-46(48-40)33-16-6-2-7-17-33/h1-35H;1-30H. The average Bonchev–Trinajstić information content (AvgIpc) is 1.53. The lowest BCUT2D eigenvalue weighted by atomic mass is 9.97. The van der Waals surface area contributed by atoms with E-state index in [4.69, 9.17) is 15.0 Å². The second kappa shape index (κ2) is 26.3. The first-order valence-corrected chi connectivity index (χ1v) is 39.8. The first-order valence-electron chi connectivity index (χ1n) is 36.4. The molecule has 2 unspecified atom stereocenters. The Morgan fingerprint density at radius 1 is 0.222 bits per heavy atom. The number of pyridine rings is 1. The molecule has 2 aliphatic rings. The topological polar surface area (TPSA) is 82.7 Å². The van der Waals surface area contributed by atoms with E-state index in [1.165, 1.54) is 11.1 Å². The van der Waals surface area contributed by atoms with Crippen LogP contribution >= 0.6 is 14.3 Å². The summed E-state index contributed by atoms with van der Waals surface area (Å²) in [4.78, 5) is 15.2. The summed E-state index contributed by atoms with van der Waals surface area (Å²) in [7, 11) is -6.35. The zero-order valence-electron chi connectivity index (χ0n) is 58.5. The third-order valence-corrected chi connectivity index (χ3v) is 27.8. The van der Waals surface area contributed by atoms with E-state index in [9.17, 15) is 0 Å². The smallest absolute Gasteiger partial charge is 0.172 e. The molecular formula is C99H65N5O2P2. The van der Waals surface area contributed by atoms with Crippen molar-refractivity contribution in [2.24, 2.45) is 0 Å². The Kier molecular flexibility index (Phi) is 15.7. The summed E-state index contributed by atoms with van der Waals surface area (Å²) in [5, 5.41) is 9.70. The number of fused-ring (bicyclic) bond motifs is 14. The van der Waals surface area contributed by atoms with Crippen molar-refractivity contribution in [1.29, 1.82) is 0 Å². The normalized spacial score (nSPS) is 14.6. The van der Waals surface area contributed by atoms with E-state index >= 15 is 9.13 Å². The highest BCUT2D eigenvalue weighted by atomic mass is 31.2. The zero-order valence-corrected chi connectivity index (χ0v) is 60.3. The molecule has 0 amide bonds. The molecule has 15 aromatic carbocycles. The van der Waals surface area contributed by atoms with Gasteiger partial charge in [0.15, 0.2) is 20.1 Å². The van der Waals surface area contributed by atoms with Gasteiger partial charge in [0.25, 0.3) is 0 Å².